The van der Waals surface area contributed by atoms with Gasteiger partial charge in [-0.1, -0.05) is 18.2 Å². The molecule has 1 unspecified atom stereocenters. The van der Waals surface area contributed by atoms with Gasteiger partial charge in [0.15, 0.2) is 0 Å². The van der Waals surface area contributed by atoms with Crippen molar-refractivity contribution in [1.29, 1.82) is 0 Å². The van der Waals surface area contributed by atoms with Crippen LogP contribution in [0, 0.1) is 5.92 Å². The number of piperidine rings is 1. The Kier molecular flexibility index (Phi) is 7.54. The molecule has 0 aromatic heterocycles. The predicted octanol–water partition coefficient (Wildman–Crippen LogP) is 2.26. The highest BCUT2D eigenvalue weighted by molar-refractivity contribution is 7.89. The minimum absolute atomic E-state index is 0.0641. The lowest BCUT2D eigenvalue weighted by molar-refractivity contribution is -0.139. The number of amides is 1. The minimum atomic E-state index is -3.19. The summed E-state index contributed by atoms with van der Waals surface area (Å²) in [7, 11) is -1.56. The SMILES string of the molecule is CCS(=O)(=O)N1CCC(C(=O)N(Cc2ccccc2OC)CC2CCCO2)CC1. The molecule has 0 aliphatic carbocycles. The molecular formula is C21H32N2O5S. The van der Waals surface area contributed by atoms with Gasteiger partial charge in [-0.25, -0.2) is 12.7 Å². The Labute approximate surface area is 174 Å². The Balaban J connectivity index is 1.71. The zero-order valence-electron chi connectivity index (χ0n) is 17.4. The van der Waals surface area contributed by atoms with E-state index in [4.69, 9.17) is 9.47 Å². The Hall–Kier alpha value is -1.64. The van der Waals surface area contributed by atoms with E-state index in [-0.39, 0.29) is 23.7 Å². The molecule has 0 radical (unpaired) electrons. The molecule has 7 nitrogen and oxygen atoms in total. The van der Waals surface area contributed by atoms with Crippen LogP contribution in [0.1, 0.15) is 38.2 Å². The molecule has 2 aliphatic rings. The van der Waals surface area contributed by atoms with Crippen LogP contribution in [0.15, 0.2) is 24.3 Å². The highest BCUT2D eigenvalue weighted by Gasteiger charge is 2.33. The fourth-order valence-electron chi connectivity index (χ4n) is 4.13. The van der Waals surface area contributed by atoms with Crippen molar-refractivity contribution in [3.8, 4) is 5.75 Å². The maximum atomic E-state index is 13.4. The van der Waals surface area contributed by atoms with Crippen LogP contribution < -0.4 is 4.74 Å². The maximum Gasteiger partial charge on any atom is 0.226 e. The molecular weight excluding hydrogens is 392 g/mol. The van der Waals surface area contributed by atoms with Crippen molar-refractivity contribution in [1.82, 2.24) is 9.21 Å². The lowest BCUT2D eigenvalue weighted by Crippen LogP contribution is -2.46. The van der Waals surface area contributed by atoms with Gasteiger partial charge in [-0.05, 0) is 38.7 Å². The van der Waals surface area contributed by atoms with Gasteiger partial charge in [0.05, 0.1) is 19.0 Å². The maximum absolute atomic E-state index is 13.4. The Bertz CT molecular complexity index is 784. The Morgan fingerprint density at radius 2 is 1.97 bits per heavy atom. The summed E-state index contributed by atoms with van der Waals surface area (Å²) in [6, 6.07) is 7.74. The molecule has 1 amide bonds. The molecule has 1 aromatic carbocycles. The van der Waals surface area contributed by atoms with Gasteiger partial charge >= 0.3 is 0 Å². The summed E-state index contributed by atoms with van der Waals surface area (Å²) in [5, 5.41) is 0. The van der Waals surface area contributed by atoms with E-state index < -0.39 is 10.0 Å². The van der Waals surface area contributed by atoms with Gasteiger partial charge in [-0.15, -0.1) is 0 Å². The molecule has 162 valence electrons. The number of carbonyl (C=O) groups is 1. The summed E-state index contributed by atoms with van der Waals surface area (Å²) in [4.78, 5) is 15.3. The molecule has 0 N–H and O–H groups in total. The molecule has 8 heteroatoms. The average molecular weight is 425 g/mol. The van der Waals surface area contributed by atoms with Gasteiger partial charge in [0, 0.05) is 44.3 Å². The third-order valence-corrected chi connectivity index (χ3v) is 7.76. The average Bonchev–Trinajstić information content (AvgIpc) is 3.26. The zero-order chi connectivity index (χ0) is 20.9. The second kappa shape index (κ2) is 9.91. The molecule has 2 heterocycles. The van der Waals surface area contributed by atoms with Crippen molar-refractivity contribution in [2.24, 2.45) is 5.92 Å². The van der Waals surface area contributed by atoms with Crippen LogP contribution in [0.5, 0.6) is 5.75 Å². The summed E-state index contributed by atoms with van der Waals surface area (Å²) >= 11 is 0. The molecule has 0 bridgehead atoms. The molecule has 0 saturated carbocycles. The number of carbonyl (C=O) groups excluding carboxylic acids is 1. The number of ether oxygens (including phenoxy) is 2. The smallest absolute Gasteiger partial charge is 0.226 e. The van der Waals surface area contributed by atoms with Crippen LogP contribution in [-0.2, 0) is 26.1 Å². The predicted molar refractivity (Wildman–Crippen MR) is 111 cm³/mol. The van der Waals surface area contributed by atoms with Gasteiger partial charge < -0.3 is 14.4 Å². The standard InChI is InChI=1S/C21H32N2O5S/c1-3-29(25,26)23-12-10-17(11-13-23)21(24)22(16-19-8-6-14-28-19)15-18-7-4-5-9-20(18)27-2/h4-5,7,9,17,19H,3,6,8,10-16H2,1-2H3. The quantitative estimate of drug-likeness (QED) is 0.640. The Morgan fingerprint density at radius 3 is 2.59 bits per heavy atom. The second-order valence-corrected chi connectivity index (χ2v) is 10.00. The fourth-order valence-corrected chi connectivity index (χ4v) is 5.26. The third kappa shape index (κ3) is 5.49. The van der Waals surface area contributed by atoms with Crippen molar-refractivity contribution < 1.29 is 22.7 Å². The number of rotatable bonds is 8. The first-order chi connectivity index (χ1) is 13.9. The Morgan fingerprint density at radius 1 is 1.24 bits per heavy atom. The number of para-hydroxylation sites is 1. The second-order valence-electron chi connectivity index (χ2n) is 7.74. The lowest BCUT2D eigenvalue weighted by Gasteiger charge is -2.34. The zero-order valence-corrected chi connectivity index (χ0v) is 18.2. The molecule has 0 spiro atoms. The van der Waals surface area contributed by atoms with E-state index in [9.17, 15) is 13.2 Å². The van der Waals surface area contributed by atoms with Crippen LogP contribution in [0.3, 0.4) is 0 Å². The number of nitrogens with zero attached hydrogens (tertiary/aromatic N) is 2. The van der Waals surface area contributed by atoms with Crippen LogP contribution in [0.4, 0.5) is 0 Å². The monoisotopic (exact) mass is 424 g/mol. The van der Waals surface area contributed by atoms with Crippen molar-refractivity contribution in [2.45, 2.75) is 45.3 Å². The third-order valence-electron chi connectivity index (χ3n) is 5.87. The molecule has 1 aromatic rings. The highest BCUT2D eigenvalue weighted by Crippen LogP contribution is 2.26. The summed E-state index contributed by atoms with van der Waals surface area (Å²) in [5.41, 5.74) is 0.965. The van der Waals surface area contributed by atoms with E-state index >= 15 is 0 Å². The number of sulfonamides is 1. The normalized spacial score (nSPS) is 21.2. The van der Waals surface area contributed by atoms with Crippen molar-refractivity contribution in [3.63, 3.8) is 0 Å². The van der Waals surface area contributed by atoms with Gasteiger partial charge in [-0.2, -0.15) is 0 Å². The highest BCUT2D eigenvalue weighted by atomic mass is 32.2. The summed E-state index contributed by atoms with van der Waals surface area (Å²) in [6.07, 6.45) is 3.17. The van der Waals surface area contributed by atoms with Crippen LogP contribution in [0.25, 0.3) is 0 Å². The molecule has 3 rings (SSSR count). The van der Waals surface area contributed by atoms with E-state index in [0.29, 0.717) is 39.0 Å². The number of benzene rings is 1. The van der Waals surface area contributed by atoms with Crippen molar-refractivity contribution in [2.75, 3.05) is 39.1 Å². The summed E-state index contributed by atoms with van der Waals surface area (Å²) in [6.45, 7) is 4.25. The first-order valence-electron chi connectivity index (χ1n) is 10.4. The largest absolute Gasteiger partial charge is 0.496 e. The molecule has 2 aliphatic heterocycles. The minimum Gasteiger partial charge on any atom is -0.496 e. The first-order valence-corrected chi connectivity index (χ1v) is 12.1. The van der Waals surface area contributed by atoms with Gasteiger partial charge in [0.25, 0.3) is 0 Å². The van der Waals surface area contributed by atoms with Gasteiger partial charge in [0.2, 0.25) is 15.9 Å². The van der Waals surface area contributed by atoms with E-state index in [2.05, 4.69) is 0 Å². The molecule has 29 heavy (non-hydrogen) atoms. The van der Waals surface area contributed by atoms with E-state index in [1.807, 2.05) is 29.2 Å². The summed E-state index contributed by atoms with van der Waals surface area (Å²) < 4.78 is 37.0. The van der Waals surface area contributed by atoms with Crippen LogP contribution in [-0.4, -0.2) is 68.7 Å². The summed E-state index contributed by atoms with van der Waals surface area (Å²) in [5.74, 6) is 0.792. The van der Waals surface area contributed by atoms with Gasteiger partial charge in [0.1, 0.15) is 5.75 Å². The topological polar surface area (TPSA) is 76.2 Å². The lowest BCUT2D eigenvalue weighted by atomic mass is 9.96. The number of methoxy groups -OCH3 is 1. The van der Waals surface area contributed by atoms with E-state index in [1.165, 1.54) is 4.31 Å². The number of hydrogen-bond donors (Lipinski definition) is 0. The van der Waals surface area contributed by atoms with E-state index in [0.717, 1.165) is 30.8 Å². The first kappa shape index (κ1) is 22.1. The van der Waals surface area contributed by atoms with Gasteiger partial charge in [-0.3, -0.25) is 4.79 Å². The van der Waals surface area contributed by atoms with E-state index in [1.54, 1.807) is 14.0 Å². The van der Waals surface area contributed by atoms with Crippen LogP contribution >= 0.6 is 0 Å². The fraction of sp³-hybridized carbons (Fsp3) is 0.667. The molecule has 2 saturated heterocycles. The van der Waals surface area contributed by atoms with Crippen molar-refractivity contribution in [3.05, 3.63) is 29.8 Å². The molecule has 1 atom stereocenters. The van der Waals surface area contributed by atoms with Crippen molar-refractivity contribution >= 4 is 15.9 Å². The molecule has 2 fully saturated rings. The van der Waals surface area contributed by atoms with Crippen LogP contribution in [0.2, 0.25) is 0 Å². The number of hydrogen-bond acceptors (Lipinski definition) is 5.